The number of hydrogen-bond acceptors (Lipinski definition) is 2. The minimum absolute atomic E-state index is 0.0195. The lowest BCUT2D eigenvalue weighted by Gasteiger charge is -2.16. The van der Waals surface area contributed by atoms with Crippen LogP contribution in [0, 0.1) is 6.92 Å². The van der Waals surface area contributed by atoms with Crippen molar-refractivity contribution in [2.45, 2.75) is 19.9 Å². The highest BCUT2D eigenvalue weighted by molar-refractivity contribution is 6.00. The van der Waals surface area contributed by atoms with Gasteiger partial charge >= 0.3 is 0 Å². The molecule has 104 valence electrons. The van der Waals surface area contributed by atoms with Gasteiger partial charge in [0.15, 0.2) is 0 Å². The molecule has 2 aromatic rings. The summed E-state index contributed by atoms with van der Waals surface area (Å²) in [5, 5.41) is 6.09. The second-order valence-corrected chi connectivity index (χ2v) is 4.90. The highest BCUT2D eigenvalue weighted by Crippen LogP contribution is 2.19. The summed E-state index contributed by atoms with van der Waals surface area (Å²) in [4.78, 5) is 12.4. The van der Waals surface area contributed by atoms with E-state index in [9.17, 15) is 4.79 Å². The van der Waals surface area contributed by atoms with Gasteiger partial charge in [-0.25, -0.2) is 0 Å². The maximum absolute atomic E-state index is 12.4. The predicted molar refractivity (Wildman–Crippen MR) is 83.0 cm³/mol. The second kappa shape index (κ2) is 6.24. The average Bonchev–Trinajstić information content (AvgIpc) is 2.48. The van der Waals surface area contributed by atoms with E-state index in [1.54, 1.807) is 0 Å². The molecule has 0 saturated carbocycles. The normalized spacial score (nSPS) is 11.8. The van der Waals surface area contributed by atoms with Crippen LogP contribution in [-0.2, 0) is 0 Å². The third-order valence-corrected chi connectivity index (χ3v) is 3.34. The van der Waals surface area contributed by atoms with Gasteiger partial charge in [-0.1, -0.05) is 42.0 Å². The van der Waals surface area contributed by atoms with Gasteiger partial charge in [0.1, 0.15) is 0 Å². The van der Waals surface area contributed by atoms with Gasteiger partial charge in [0.25, 0.3) is 5.91 Å². The van der Waals surface area contributed by atoms with Crippen LogP contribution in [0.25, 0.3) is 0 Å². The summed E-state index contributed by atoms with van der Waals surface area (Å²) in [6.45, 7) is 3.97. The molecule has 2 aromatic carbocycles. The molecule has 0 spiro atoms. The van der Waals surface area contributed by atoms with Crippen LogP contribution in [-0.4, -0.2) is 13.0 Å². The maximum atomic E-state index is 12.4. The molecule has 0 aliphatic rings. The topological polar surface area (TPSA) is 41.1 Å². The Morgan fingerprint density at radius 3 is 2.45 bits per heavy atom. The molecule has 0 heterocycles. The molecule has 1 amide bonds. The summed E-state index contributed by atoms with van der Waals surface area (Å²) < 4.78 is 0. The van der Waals surface area contributed by atoms with Crippen LogP contribution in [0.15, 0.2) is 48.5 Å². The average molecular weight is 268 g/mol. The summed E-state index contributed by atoms with van der Waals surface area (Å²) >= 11 is 0. The van der Waals surface area contributed by atoms with Crippen molar-refractivity contribution in [1.82, 2.24) is 5.32 Å². The van der Waals surface area contributed by atoms with Crippen LogP contribution < -0.4 is 10.6 Å². The Morgan fingerprint density at radius 1 is 1.10 bits per heavy atom. The molecule has 1 unspecified atom stereocenters. The van der Waals surface area contributed by atoms with E-state index in [0.29, 0.717) is 5.56 Å². The first-order chi connectivity index (χ1) is 9.61. The summed E-state index contributed by atoms with van der Waals surface area (Å²) in [6, 6.07) is 15.7. The first-order valence-corrected chi connectivity index (χ1v) is 6.76. The molecule has 0 aliphatic carbocycles. The van der Waals surface area contributed by atoms with Crippen molar-refractivity contribution >= 4 is 11.6 Å². The van der Waals surface area contributed by atoms with Crippen LogP contribution in [0.2, 0.25) is 0 Å². The molecule has 0 radical (unpaired) electrons. The fraction of sp³-hybridized carbons (Fsp3) is 0.235. The van der Waals surface area contributed by atoms with E-state index in [4.69, 9.17) is 0 Å². The van der Waals surface area contributed by atoms with Gasteiger partial charge in [0.2, 0.25) is 0 Å². The first-order valence-electron chi connectivity index (χ1n) is 6.76. The number of carbonyl (C=O) groups excluding carboxylic acids is 1. The van der Waals surface area contributed by atoms with Crippen LogP contribution in [0.1, 0.15) is 34.5 Å². The van der Waals surface area contributed by atoms with Gasteiger partial charge in [0.05, 0.1) is 11.6 Å². The molecule has 20 heavy (non-hydrogen) atoms. The van der Waals surface area contributed by atoms with Gasteiger partial charge in [-0.15, -0.1) is 0 Å². The molecule has 0 fully saturated rings. The predicted octanol–water partition coefficient (Wildman–Crippen LogP) is 3.53. The van der Waals surface area contributed by atoms with E-state index in [0.717, 1.165) is 16.8 Å². The monoisotopic (exact) mass is 268 g/mol. The number of benzene rings is 2. The Bertz CT molecular complexity index is 593. The smallest absolute Gasteiger partial charge is 0.253 e. The number of hydrogen-bond donors (Lipinski definition) is 2. The third kappa shape index (κ3) is 3.18. The summed E-state index contributed by atoms with van der Waals surface area (Å²) in [5.74, 6) is -0.0607. The Hall–Kier alpha value is -2.29. The second-order valence-electron chi connectivity index (χ2n) is 4.90. The quantitative estimate of drug-likeness (QED) is 0.890. The van der Waals surface area contributed by atoms with E-state index in [-0.39, 0.29) is 11.9 Å². The largest absolute Gasteiger partial charge is 0.387 e. The number of aryl methyl sites for hydroxylation is 1. The van der Waals surface area contributed by atoms with E-state index in [2.05, 4.69) is 10.6 Å². The molecule has 0 aromatic heterocycles. The molecule has 0 saturated heterocycles. The van der Waals surface area contributed by atoms with E-state index < -0.39 is 0 Å². The van der Waals surface area contributed by atoms with Crippen molar-refractivity contribution in [2.75, 3.05) is 12.4 Å². The zero-order valence-electron chi connectivity index (χ0n) is 12.1. The highest BCUT2D eigenvalue weighted by Gasteiger charge is 2.14. The van der Waals surface area contributed by atoms with Gasteiger partial charge in [-0.3, -0.25) is 4.79 Å². The van der Waals surface area contributed by atoms with Crippen molar-refractivity contribution in [3.05, 3.63) is 65.2 Å². The van der Waals surface area contributed by atoms with Crippen LogP contribution >= 0.6 is 0 Å². The lowest BCUT2D eigenvalue weighted by molar-refractivity contribution is 0.0940. The standard InChI is InChI=1S/C17H20N2O/c1-12-9-10-16(18-3)15(11-12)17(20)19-13(2)14-7-5-4-6-8-14/h4-11,13,18H,1-3H3,(H,19,20). The zero-order valence-corrected chi connectivity index (χ0v) is 12.1. The summed E-state index contributed by atoms with van der Waals surface area (Å²) in [6.07, 6.45) is 0. The van der Waals surface area contributed by atoms with Gasteiger partial charge in [-0.2, -0.15) is 0 Å². The fourth-order valence-corrected chi connectivity index (χ4v) is 2.16. The summed E-state index contributed by atoms with van der Waals surface area (Å²) in [5.41, 5.74) is 3.68. The summed E-state index contributed by atoms with van der Waals surface area (Å²) in [7, 11) is 1.82. The Kier molecular flexibility index (Phi) is 4.41. The van der Waals surface area contributed by atoms with Gasteiger partial charge in [0, 0.05) is 12.7 Å². The number of carbonyl (C=O) groups is 1. The van der Waals surface area contributed by atoms with E-state index in [1.165, 1.54) is 0 Å². The van der Waals surface area contributed by atoms with E-state index in [1.807, 2.05) is 69.4 Å². The lowest BCUT2D eigenvalue weighted by atomic mass is 10.1. The molecule has 1 atom stereocenters. The zero-order chi connectivity index (χ0) is 14.5. The molecule has 3 heteroatoms. The molecule has 3 nitrogen and oxygen atoms in total. The van der Waals surface area contributed by atoms with Crippen LogP contribution in [0.5, 0.6) is 0 Å². The molecule has 0 bridgehead atoms. The number of nitrogens with one attached hydrogen (secondary N) is 2. The Balaban J connectivity index is 2.18. The molecular formula is C17H20N2O. The van der Waals surface area contributed by atoms with Gasteiger partial charge < -0.3 is 10.6 Å². The van der Waals surface area contributed by atoms with Crippen molar-refractivity contribution in [3.63, 3.8) is 0 Å². The fourth-order valence-electron chi connectivity index (χ4n) is 2.16. The van der Waals surface area contributed by atoms with Crippen LogP contribution in [0.3, 0.4) is 0 Å². The van der Waals surface area contributed by atoms with Crippen molar-refractivity contribution < 1.29 is 4.79 Å². The number of rotatable bonds is 4. The Morgan fingerprint density at radius 2 is 1.80 bits per heavy atom. The maximum Gasteiger partial charge on any atom is 0.253 e. The molecule has 0 aliphatic heterocycles. The van der Waals surface area contributed by atoms with Crippen molar-refractivity contribution in [1.29, 1.82) is 0 Å². The number of anilines is 1. The van der Waals surface area contributed by atoms with Crippen molar-refractivity contribution in [2.24, 2.45) is 0 Å². The minimum Gasteiger partial charge on any atom is -0.387 e. The van der Waals surface area contributed by atoms with Gasteiger partial charge in [-0.05, 0) is 31.5 Å². The third-order valence-electron chi connectivity index (χ3n) is 3.34. The van der Waals surface area contributed by atoms with Crippen LogP contribution in [0.4, 0.5) is 5.69 Å². The highest BCUT2D eigenvalue weighted by atomic mass is 16.1. The molecule has 2 N–H and O–H groups in total. The minimum atomic E-state index is -0.0607. The first kappa shape index (κ1) is 14.1. The lowest BCUT2D eigenvalue weighted by Crippen LogP contribution is -2.27. The number of amides is 1. The molecular weight excluding hydrogens is 248 g/mol. The Labute approximate surface area is 120 Å². The van der Waals surface area contributed by atoms with Crippen molar-refractivity contribution in [3.8, 4) is 0 Å². The van der Waals surface area contributed by atoms with E-state index >= 15 is 0 Å². The SMILES string of the molecule is CNc1ccc(C)cc1C(=O)NC(C)c1ccccc1. The molecule has 2 rings (SSSR count).